The summed E-state index contributed by atoms with van der Waals surface area (Å²) in [7, 11) is -2.06. The van der Waals surface area contributed by atoms with E-state index in [0.717, 1.165) is 0 Å². The fourth-order valence-corrected chi connectivity index (χ4v) is 3.31. The summed E-state index contributed by atoms with van der Waals surface area (Å²) in [5.41, 5.74) is 5.01. The summed E-state index contributed by atoms with van der Waals surface area (Å²) >= 11 is 1.69. The molecule has 0 saturated carbocycles. The lowest BCUT2D eigenvalue weighted by atomic mass is 10.1. The molecule has 0 aromatic carbocycles. The first-order valence-corrected chi connectivity index (χ1v) is 7.93. The molecule has 0 spiro atoms. The van der Waals surface area contributed by atoms with Crippen LogP contribution in [0.25, 0.3) is 11.2 Å². The molecule has 24 heavy (non-hydrogen) atoms. The molecule has 2 aromatic rings. The third-order valence-electron chi connectivity index (χ3n) is 3.51. The van der Waals surface area contributed by atoms with Gasteiger partial charge in [-0.25, -0.2) is 4.98 Å². The lowest BCUT2D eigenvalue weighted by molar-refractivity contribution is -0.0571. The first-order chi connectivity index (χ1) is 11.3. The standard InChI is InChI=1S/C10H13BIN5O7/c12-6(24-11(21)22)5-3(18)4(19)9(23-5)17-1-14-2-7(17)15-10(13)16-8(2)20/h1,3-6,9,18-19,21-22H,(H3,13,15,16,20)/t3-,4+,5-,6?,9+/m0/s1. The molecular formula is C10H13BIN5O7. The van der Waals surface area contributed by atoms with Crippen LogP contribution in [0.2, 0.25) is 0 Å². The highest BCUT2D eigenvalue weighted by Gasteiger charge is 2.48. The van der Waals surface area contributed by atoms with Crippen LogP contribution in [-0.2, 0) is 9.39 Å². The van der Waals surface area contributed by atoms with Crippen LogP contribution in [-0.4, -0.2) is 69.5 Å². The van der Waals surface area contributed by atoms with Crippen LogP contribution in [0.5, 0.6) is 0 Å². The predicted molar refractivity (Wildman–Crippen MR) is 87.6 cm³/mol. The molecule has 0 bridgehead atoms. The molecule has 2 aromatic heterocycles. The summed E-state index contributed by atoms with van der Waals surface area (Å²) in [6.07, 6.45) is -3.75. The van der Waals surface area contributed by atoms with Crippen LogP contribution in [0.4, 0.5) is 5.95 Å². The number of nitrogen functional groups attached to an aromatic ring is 1. The molecule has 130 valence electrons. The second-order valence-corrected chi connectivity index (χ2v) is 6.29. The molecule has 5 atom stereocenters. The third-order valence-corrected chi connectivity index (χ3v) is 4.51. The minimum Gasteiger partial charge on any atom is -0.402 e. The maximum Gasteiger partial charge on any atom is 0.634 e. The second-order valence-electron chi connectivity index (χ2n) is 5.06. The number of ether oxygens (including phenoxy) is 1. The smallest absolute Gasteiger partial charge is 0.402 e. The van der Waals surface area contributed by atoms with E-state index in [4.69, 9.17) is 25.2 Å². The van der Waals surface area contributed by atoms with Crippen molar-refractivity contribution in [2.75, 3.05) is 5.73 Å². The molecule has 3 heterocycles. The van der Waals surface area contributed by atoms with E-state index in [0.29, 0.717) is 0 Å². The van der Waals surface area contributed by atoms with Gasteiger partial charge in [-0.2, -0.15) is 4.98 Å². The van der Waals surface area contributed by atoms with Crippen molar-refractivity contribution in [2.24, 2.45) is 0 Å². The topological polar surface area (TPSA) is 189 Å². The quantitative estimate of drug-likeness (QED) is 0.159. The van der Waals surface area contributed by atoms with Crippen LogP contribution in [0, 0.1) is 0 Å². The number of fused-ring (bicyclic) bond motifs is 1. The van der Waals surface area contributed by atoms with Crippen LogP contribution in [0.15, 0.2) is 11.1 Å². The largest absolute Gasteiger partial charge is 0.634 e. The van der Waals surface area contributed by atoms with Crippen molar-refractivity contribution >= 4 is 47.0 Å². The molecule has 1 saturated heterocycles. The molecule has 0 aliphatic carbocycles. The number of anilines is 1. The van der Waals surface area contributed by atoms with E-state index < -0.39 is 41.5 Å². The number of alkyl halides is 1. The molecule has 14 heteroatoms. The maximum atomic E-state index is 11.8. The van der Waals surface area contributed by atoms with Crippen molar-refractivity contribution < 1.29 is 29.7 Å². The molecule has 7 N–H and O–H groups in total. The summed E-state index contributed by atoms with van der Waals surface area (Å²) < 4.78 is 10.6. The van der Waals surface area contributed by atoms with Gasteiger partial charge in [0.15, 0.2) is 17.4 Å². The number of hydrogen-bond donors (Lipinski definition) is 6. The van der Waals surface area contributed by atoms with Crippen LogP contribution >= 0.6 is 22.6 Å². The number of aromatic nitrogens is 4. The number of imidazole rings is 1. The maximum absolute atomic E-state index is 11.8. The van der Waals surface area contributed by atoms with Gasteiger partial charge in [-0.15, -0.1) is 0 Å². The number of nitrogens with two attached hydrogens (primary N) is 1. The Morgan fingerprint density at radius 3 is 2.83 bits per heavy atom. The van der Waals surface area contributed by atoms with Crippen LogP contribution in [0.1, 0.15) is 6.23 Å². The van der Waals surface area contributed by atoms with Gasteiger partial charge < -0.3 is 35.4 Å². The summed E-state index contributed by atoms with van der Waals surface area (Å²) in [6.45, 7) is 0. The van der Waals surface area contributed by atoms with Gasteiger partial charge >= 0.3 is 7.32 Å². The van der Waals surface area contributed by atoms with Crippen molar-refractivity contribution in [3.8, 4) is 0 Å². The summed E-state index contributed by atoms with van der Waals surface area (Å²) in [5, 5.41) is 38.0. The van der Waals surface area contributed by atoms with Crippen LogP contribution < -0.4 is 11.3 Å². The normalized spacial score (nSPS) is 28.4. The zero-order valence-corrected chi connectivity index (χ0v) is 14.0. The highest BCUT2D eigenvalue weighted by molar-refractivity contribution is 14.1. The Morgan fingerprint density at radius 1 is 1.46 bits per heavy atom. The average Bonchev–Trinajstić information content (AvgIpc) is 3.01. The Morgan fingerprint density at radius 2 is 2.17 bits per heavy atom. The van der Waals surface area contributed by atoms with Gasteiger partial charge in [0.2, 0.25) is 5.95 Å². The monoisotopic (exact) mass is 453 g/mol. The Labute approximate surface area is 147 Å². The van der Waals surface area contributed by atoms with Crippen molar-refractivity contribution in [2.45, 2.75) is 28.7 Å². The van der Waals surface area contributed by atoms with Crippen molar-refractivity contribution in [1.82, 2.24) is 19.5 Å². The minimum atomic E-state index is -2.06. The number of rotatable bonds is 4. The van der Waals surface area contributed by atoms with Crippen molar-refractivity contribution in [3.05, 3.63) is 16.7 Å². The first kappa shape index (κ1) is 17.5. The van der Waals surface area contributed by atoms with E-state index in [1.54, 1.807) is 22.6 Å². The molecule has 1 aliphatic rings. The van der Waals surface area contributed by atoms with E-state index in [-0.39, 0.29) is 17.1 Å². The lowest BCUT2D eigenvalue weighted by Gasteiger charge is -2.20. The second kappa shape index (κ2) is 6.55. The molecule has 1 aliphatic heterocycles. The molecule has 3 rings (SSSR count). The number of nitrogens with zero attached hydrogens (tertiary/aromatic N) is 3. The number of aromatic amines is 1. The van der Waals surface area contributed by atoms with Gasteiger partial charge in [0.05, 0.1) is 6.33 Å². The van der Waals surface area contributed by atoms with Crippen LogP contribution in [0.3, 0.4) is 0 Å². The van der Waals surface area contributed by atoms with E-state index in [1.807, 2.05) is 0 Å². The fraction of sp³-hybridized carbons (Fsp3) is 0.500. The molecule has 12 nitrogen and oxygen atoms in total. The van der Waals surface area contributed by atoms with Gasteiger partial charge in [0.25, 0.3) is 5.56 Å². The van der Waals surface area contributed by atoms with Gasteiger partial charge in [0, 0.05) is 0 Å². The van der Waals surface area contributed by atoms with Crippen molar-refractivity contribution in [3.63, 3.8) is 0 Å². The van der Waals surface area contributed by atoms with Crippen molar-refractivity contribution in [1.29, 1.82) is 0 Å². The van der Waals surface area contributed by atoms with E-state index in [2.05, 4.69) is 15.0 Å². The number of aliphatic hydroxyl groups excluding tert-OH is 2. The number of halogens is 1. The third kappa shape index (κ3) is 3.01. The number of aliphatic hydroxyl groups is 2. The summed E-state index contributed by atoms with van der Waals surface area (Å²) in [6, 6.07) is 0. The molecule has 0 radical (unpaired) electrons. The summed E-state index contributed by atoms with van der Waals surface area (Å²) in [5.74, 6) is -0.141. The zero-order valence-electron chi connectivity index (χ0n) is 11.9. The Hall–Kier alpha value is -1.30. The molecular weight excluding hydrogens is 440 g/mol. The summed E-state index contributed by atoms with van der Waals surface area (Å²) in [4.78, 5) is 21.9. The molecule has 1 unspecified atom stereocenters. The number of nitrogens with one attached hydrogen (secondary N) is 1. The van der Waals surface area contributed by atoms with Gasteiger partial charge in [-0.3, -0.25) is 14.3 Å². The highest BCUT2D eigenvalue weighted by Crippen LogP contribution is 2.34. The number of hydrogen-bond acceptors (Lipinski definition) is 10. The number of H-pyrrole nitrogens is 1. The Kier molecular flexibility index (Phi) is 4.78. The highest BCUT2D eigenvalue weighted by atomic mass is 127. The first-order valence-electron chi connectivity index (χ1n) is 6.69. The Balaban J connectivity index is 1.94. The fourth-order valence-electron chi connectivity index (χ4n) is 2.45. The van der Waals surface area contributed by atoms with E-state index >= 15 is 0 Å². The average molecular weight is 453 g/mol. The SMILES string of the molecule is Nc1nc2c(ncn2[C@@H]2O[C@H](C(I)OB(O)O)[C@@H](O)[C@H]2O)c(=O)[nH]1. The zero-order chi connectivity index (χ0) is 17.6. The molecule has 1 fully saturated rings. The molecule has 0 amide bonds. The predicted octanol–water partition coefficient (Wildman–Crippen LogP) is -2.93. The van der Waals surface area contributed by atoms with E-state index in [1.165, 1.54) is 10.9 Å². The van der Waals surface area contributed by atoms with E-state index in [9.17, 15) is 15.0 Å². The van der Waals surface area contributed by atoms with Gasteiger partial charge in [-0.1, -0.05) is 0 Å². The lowest BCUT2D eigenvalue weighted by Crippen LogP contribution is -2.39. The minimum absolute atomic E-state index is 0.00834. The Bertz CT molecular complexity index is 799. The van der Waals surface area contributed by atoms with Gasteiger partial charge in [0.1, 0.15) is 22.4 Å². The van der Waals surface area contributed by atoms with Gasteiger partial charge in [-0.05, 0) is 22.6 Å².